The molecule has 0 fully saturated rings. The molecule has 10 heavy (non-hydrogen) atoms. The summed E-state index contributed by atoms with van der Waals surface area (Å²) in [5.41, 5.74) is 5.21. The number of hydrogen-bond donors (Lipinski definition) is 2. The Labute approximate surface area is 62.2 Å². The van der Waals surface area contributed by atoms with Crippen LogP contribution < -0.4 is 5.73 Å². The van der Waals surface area contributed by atoms with Crippen molar-refractivity contribution in [2.45, 2.75) is 32.5 Å². The fraction of sp³-hybridized carbons (Fsp3) is 1.00. The molecule has 3 nitrogen and oxygen atoms in total. The molecule has 0 aromatic carbocycles. The number of unbranched alkanes of at least 4 members (excludes halogenated alkanes) is 1. The molecule has 0 saturated carbocycles. The van der Waals surface area contributed by atoms with Crippen LogP contribution in [-0.4, -0.2) is 24.0 Å². The van der Waals surface area contributed by atoms with Crippen LogP contribution in [0.2, 0.25) is 0 Å². The monoisotopic (exact) mass is 147 g/mol. The van der Waals surface area contributed by atoms with Crippen LogP contribution in [0.25, 0.3) is 0 Å². The van der Waals surface area contributed by atoms with Crippen molar-refractivity contribution in [3.05, 3.63) is 0 Å². The van der Waals surface area contributed by atoms with Gasteiger partial charge < -0.3 is 15.6 Å². The zero-order valence-corrected chi connectivity index (χ0v) is 6.76. The molecule has 62 valence electrons. The molecule has 0 aliphatic heterocycles. The molecule has 3 heteroatoms. The fourth-order valence-corrected chi connectivity index (χ4v) is 0.495. The molecule has 0 rings (SSSR count). The first-order valence-electron chi connectivity index (χ1n) is 3.69. The number of rotatable bonds is 5. The van der Waals surface area contributed by atoms with Crippen molar-refractivity contribution < 1.29 is 9.84 Å². The van der Waals surface area contributed by atoms with Crippen molar-refractivity contribution in [2.24, 2.45) is 5.73 Å². The van der Waals surface area contributed by atoms with E-state index >= 15 is 0 Å². The van der Waals surface area contributed by atoms with E-state index in [0.29, 0.717) is 6.61 Å². The van der Waals surface area contributed by atoms with Crippen molar-refractivity contribution in [1.82, 2.24) is 0 Å². The standard InChI is InChI=1S/C7H17NO2/c1-3-4-5-10-7(2,9)6-8/h9H,3-6,8H2,1-2H3. The lowest BCUT2D eigenvalue weighted by Gasteiger charge is -2.21. The van der Waals surface area contributed by atoms with Gasteiger partial charge in [0.05, 0.1) is 6.61 Å². The first-order valence-corrected chi connectivity index (χ1v) is 3.69. The first kappa shape index (κ1) is 9.88. The summed E-state index contributed by atoms with van der Waals surface area (Å²) in [6.07, 6.45) is 2.04. The van der Waals surface area contributed by atoms with Gasteiger partial charge in [-0.1, -0.05) is 13.3 Å². The van der Waals surface area contributed by atoms with Crippen LogP contribution in [0.5, 0.6) is 0 Å². The Hall–Kier alpha value is -0.120. The Morgan fingerprint density at radius 1 is 1.60 bits per heavy atom. The smallest absolute Gasteiger partial charge is 0.174 e. The third kappa shape index (κ3) is 4.73. The Bertz CT molecular complexity index is 83.7. The lowest BCUT2D eigenvalue weighted by molar-refractivity contribution is -0.182. The second-order valence-corrected chi connectivity index (χ2v) is 2.58. The zero-order chi connectivity index (χ0) is 8.04. The van der Waals surface area contributed by atoms with Crippen LogP contribution >= 0.6 is 0 Å². The van der Waals surface area contributed by atoms with E-state index in [1.807, 2.05) is 0 Å². The van der Waals surface area contributed by atoms with Gasteiger partial charge in [0.15, 0.2) is 5.79 Å². The van der Waals surface area contributed by atoms with Crippen molar-refractivity contribution >= 4 is 0 Å². The van der Waals surface area contributed by atoms with E-state index in [2.05, 4.69) is 6.92 Å². The Morgan fingerprint density at radius 3 is 2.60 bits per heavy atom. The van der Waals surface area contributed by atoms with Crippen LogP contribution in [0.1, 0.15) is 26.7 Å². The molecular formula is C7H17NO2. The van der Waals surface area contributed by atoms with E-state index in [9.17, 15) is 5.11 Å². The van der Waals surface area contributed by atoms with E-state index < -0.39 is 5.79 Å². The summed E-state index contributed by atoms with van der Waals surface area (Å²) >= 11 is 0. The molecule has 0 radical (unpaired) electrons. The maximum Gasteiger partial charge on any atom is 0.174 e. The fourth-order valence-electron chi connectivity index (χ4n) is 0.495. The molecule has 0 saturated heterocycles. The van der Waals surface area contributed by atoms with Gasteiger partial charge in [-0.05, 0) is 13.3 Å². The van der Waals surface area contributed by atoms with Gasteiger partial charge in [-0.15, -0.1) is 0 Å². The Kier molecular flexibility index (Phi) is 4.60. The van der Waals surface area contributed by atoms with Crippen LogP contribution in [0.4, 0.5) is 0 Å². The summed E-state index contributed by atoms with van der Waals surface area (Å²) in [5, 5.41) is 9.20. The van der Waals surface area contributed by atoms with E-state index in [1.165, 1.54) is 0 Å². The van der Waals surface area contributed by atoms with Gasteiger partial charge in [0.1, 0.15) is 0 Å². The van der Waals surface area contributed by atoms with Crippen LogP contribution in [0.3, 0.4) is 0 Å². The normalized spacial score (nSPS) is 16.8. The zero-order valence-electron chi connectivity index (χ0n) is 6.76. The van der Waals surface area contributed by atoms with Gasteiger partial charge in [0, 0.05) is 6.54 Å². The molecule has 0 amide bonds. The number of hydrogen-bond acceptors (Lipinski definition) is 3. The molecule has 0 aliphatic carbocycles. The van der Waals surface area contributed by atoms with Crippen molar-refractivity contribution in [2.75, 3.05) is 13.2 Å². The van der Waals surface area contributed by atoms with E-state index in [4.69, 9.17) is 10.5 Å². The molecule has 0 aromatic rings. The Balaban J connectivity index is 3.28. The first-order chi connectivity index (χ1) is 4.62. The minimum absolute atomic E-state index is 0.150. The molecule has 0 bridgehead atoms. The third-order valence-corrected chi connectivity index (χ3v) is 1.29. The average molecular weight is 147 g/mol. The van der Waals surface area contributed by atoms with E-state index in [0.717, 1.165) is 12.8 Å². The molecule has 1 atom stereocenters. The van der Waals surface area contributed by atoms with Crippen LogP contribution in [-0.2, 0) is 4.74 Å². The van der Waals surface area contributed by atoms with Crippen LogP contribution in [0, 0.1) is 0 Å². The Morgan fingerprint density at radius 2 is 2.20 bits per heavy atom. The third-order valence-electron chi connectivity index (χ3n) is 1.29. The van der Waals surface area contributed by atoms with Gasteiger partial charge in [-0.25, -0.2) is 0 Å². The molecule has 0 spiro atoms. The highest BCUT2D eigenvalue weighted by Gasteiger charge is 2.16. The second kappa shape index (κ2) is 4.66. The maximum absolute atomic E-state index is 9.20. The average Bonchev–Trinajstić information content (AvgIpc) is 1.89. The second-order valence-electron chi connectivity index (χ2n) is 2.58. The summed E-state index contributed by atoms with van der Waals surface area (Å²) in [7, 11) is 0. The SMILES string of the molecule is CCCCOC(C)(O)CN. The van der Waals surface area contributed by atoms with Crippen LogP contribution in [0.15, 0.2) is 0 Å². The largest absolute Gasteiger partial charge is 0.365 e. The minimum atomic E-state index is -1.13. The summed E-state index contributed by atoms with van der Waals surface area (Å²) in [6, 6.07) is 0. The lowest BCUT2D eigenvalue weighted by atomic mass is 10.3. The van der Waals surface area contributed by atoms with Gasteiger partial charge >= 0.3 is 0 Å². The highest BCUT2D eigenvalue weighted by molar-refractivity contribution is 4.58. The molecular weight excluding hydrogens is 130 g/mol. The van der Waals surface area contributed by atoms with Gasteiger partial charge in [0.2, 0.25) is 0 Å². The predicted molar refractivity (Wildman–Crippen MR) is 40.5 cm³/mol. The number of nitrogens with two attached hydrogens (primary N) is 1. The summed E-state index contributed by atoms with van der Waals surface area (Å²) in [6.45, 7) is 4.38. The predicted octanol–water partition coefficient (Wildman–Crippen LogP) is 0.470. The highest BCUT2D eigenvalue weighted by atomic mass is 16.6. The van der Waals surface area contributed by atoms with Gasteiger partial charge in [-0.2, -0.15) is 0 Å². The topological polar surface area (TPSA) is 55.5 Å². The number of ether oxygens (including phenoxy) is 1. The summed E-state index contributed by atoms with van der Waals surface area (Å²) in [5.74, 6) is -1.13. The van der Waals surface area contributed by atoms with Gasteiger partial charge in [0.25, 0.3) is 0 Å². The maximum atomic E-state index is 9.20. The molecule has 0 aliphatic rings. The quantitative estimate of drug-likeness (QED) is 0.439. The number of aliphatic hydroxyl groups is 1. The summed E-state index contributed by atoms with van der Waals surface area (Å²) < 4.78 is 5.05. The van der Waals surface area contributed by atoms with Crippen molar-refractivity contribution in [1.29, 1.82) is 0 Å². The molecule has 3 N–H and O–H groups in total. The minimum Gasteiger partial charge on any atom is -0.365 e. The molecule has 1 unspecified atom stereocenters. The van der Waals surface area contributed by atoms with E-state index in [1.54, 1.807) is 6.92 Å². The molecule has 0 heterocycles. The van der Waals surface area contributed by atoms with Gasteiger partial charge in [-0.3, -0.25) is 0 Å². The van der Waals surface area contributed by atoms with Crippen molar-refractivity contribution in [3.8, 4) is 0 Å². The summed E-state index contributed by atoms with van der Waals surface area (Å²) in [4.78, 5) is 0. The molecule has 0 aromatic heterocycles. The lowest BCUT2D eigenvalue weighted by Crippen LogP contribution is -2.37. The van der Waals surface area contributed by atoms with Crippen molar-refractivity contribution in [3.63, 3.8) is 0 Å². The highest BCUT2D eigenvalue weighted by Crippen LogP contribution is 2.03. The van der Waals surface area contributed by atoms with E-state index in [-0.39, 0.29) is 6.54 Å².